The van der Waals surface area contributed by atoms with Crippen molar-refractivity contribution in [3.8, 4) is 5.75 Å². The lowest BCUT2D eigenvalue weighted by atomic mass is 10.2. The second-order valence-electron chi connectivity index (χ2n) is 4.42. The Morgan fingerprint density at radius 3 is 2.85 bits per heavy atom. The Morgan fingerprint density at radius 2 is 2.15 bits per heavy atom. The molecule has 0 bridgehead atoms. The number of benzene rings is 1. The van der Waals surface area contributed by atoms with Gasteiger partial charge < -0.3 is 14.7 Å². The predicted octanol–water partition coefficient (Wildman–Crippen LogP) is 2.45. The van der Waals surface area contributed by atoms with E-state index in [1.807, 2.05) is 0 Å². The van der Waals surface area contributed by atoms with Gasteiger partial charge in [0, 0.05) is 6.54 Å². The molecule has 1 saturated heterocycles. The first-order valence-corrected chi connectivity index (χ1v) is 6.85. The molecule has 1 atom stereocenters. The van der Waals surface area contributed by atoms with Crippen LogP contribution >= 0.6 is 23.2 Å². The summed E-state index contributed by atoms with van der Waals surface area (Å²) in [5.74, 6) is -1.05. The Kier molecular flexibility index (Phi) is 4.73. The molecule has 0 aliphatic carbocycles. The maximum Gasteiger partial charge on any atom is 0.326 e. The lowest BCUT2D eigenvalue weighted by molar-refractivity contribution is -0.148. The Hall–Kier alpha value is -1.46. The zero-order valence-corrected chi connectivity index (χ0v) is 12.0. The number of amides is 1. The van der Waals surface area contributed by atoms with Crippen molar-refractivity contribution in [1.82, 2.24) is 4.90 Å². The van der Waals surface area contributed by atoms with Crippen LogP contribution in [0.15, 0.2) is 18.2 Å². The van der Waals surface area contributed by atoms with Gasteiger partial charge in [-0.1, -0.05) is 29.3 Å². The van der Waals surface area contributed by atoms with E-state index in [2.05, 4.69) is 0 Å². The van der Waals surface area contributed by atoms with Crippen LogP contribution in [-0.4, -0.2) is 41.1 Å². The molecule has 2 rings (SSSR count). The van der Waals surface area contributed by atoms with Gasteiger partial charge >= 0.3 is 5.97 Å². The summed E-state index contributed by atoms with van der Waals surface area (Å²) in [4.78, 5) is 24.3. The third-order valence-electron chi connectivity index (χ3n) is 3.13. The quantitative estimate of drug-likeness (QED) is 0.926. The summed E-state index contributed by atoms with van der Waals surface area (Å²) in [5.41, 5.74) is 0. The number of carbonyl (C=O) groups excluding carboxylic acids is 1. The molecule has 0 radical (unpaired) electrons. The van der Waals surface area contributed by atoms with Gasteiger partial charge in [0.2, 0.25) is 0 Å². The van der Waals surface area contributed by atoms with Crippen LogP contribution in [0.2, 0.25) is 10.0 Å². The fourth-order valence-electron chi connectivity index (χ4n) is 2.14. The largest absolute Gasteiger partial charge is 0.482 e. The maximum atomic E-state index is 12.0. The van der Waals surface area contributed by atoms with Gasteiger partial charge in [-0.2, -0.15) is 0 Å². The van der Waals surface area contributed by atoms with Crippen molar-refractivity contribution in [2.75, 3.05) is 13.2 Å². The van der Waals surface area contributed by atoms with E-state index < -0.39 is 12.0 Å². The molecule has 7 heteroatoms. The van der Waals surface area contributed by atoms with Gasteiger partial charge in [0.1, 0.15) is 16.8 Å². The zero-order valence-electron chi connectivity index (χ0n) is 10.5. The highest BCUT2D eigenvalue weighted by Crippen LogP contribution is 2.31. The first kappa shape index (κ1) is 14.9. The molecule has 1 amide bonds. The Bertz CT molecular complexity index is 535. The van der Waals surface area contributed by atoms with E-state index in [0.29, 0.717) is 30.2 Å². The van der Waals surface area contributed by atoms with E-state index in [1.54, 1.807) is 18.2 Å². The van der Waals surface area contributed by atoms with E-state index in [4.69, 9.17) is 33.0 Å². The average Bonchev–Trinajstić information content (AvgIpc) is 2.89. The highest BCUT2D eigenvalue weighted by molar-refractivity contribution is 6.42. The molecular formula is C13H13Cl2NO4. The molecule has 1 fully saturated rings. The minimum absolute atomic E-state index is 0.234. The average molecular weight is 318 g/mol. The van der Waals surface area contributed by atoms with E-state index in [-0.39, 0.29) is 17.5 Å². The monoisotopic (exact) mass is 317 g/mol. The van der Waals surface area contributed by atoms with Crippen LogP contribution in [0, 0.1) is 0 Å². The van der Waals surface area contributed by atoms with Gasteiger partial charge in [0.15, 0.2) is 6.61 Å². The number of halogens is 2. The summed E-state index contributed by atoms with van der Waals surface area (Å²) >= 11 is 11.8. The fourth-order valence-corrected chi connectivity index (χ4v) is 2.49. The molecule has 108 valence electrons. The molecule has 1 aromatic carbocycles. The first-order valence-electron chi connectivity index (χ1n) is 6.10. The number of carboxylic acid groups (broad SMARTS) is 1. The summed E-state index contributed by atoms with van der Waals surface area (Å²) in [5, 5.41) is 9.59. The van der Waals surface area contributed by atoms with Crippen LogP contribution in [0.25, 0.3) is 0 Å². The third kappa shape index (κ3) is 3.16. The molecule has 1 N–H and O–H groups in total. The van der Waals surface area contributed by atoms with Crippen LogP contribution in [0.1, 0.15) is 12.8 Å². The van der Waals surface area contributed by atoms with Crippen molar-refractivity contribution in [1.29, 1.82) is 0 Å². The van der Waals surface area contributed by atoms with Crippen LogP contribution in [0.5, 0.6) is 5.75 Å². The minimum Gasteiger partial charge on any atom is -0.482 e. The number of carboxylic acids is 1. The van der Waals surface area contributed by atoms with Crippen molar-refractivity contribution in [3.05, 3.63) is 28.2 Å². The minimum atomic E-state index is -0.989. The summed E-state index contributed by atoms with van der Waals surface area (Å²) < 4.78 is 5.32. The topological polar surface area (TPSA) is 66.8 Å². The molecule has 1 aliphatic heterocycles. The SMILES string of the molecule is O=C(O)C1CCCN1C(=O)COc1cccc(Cl)c1Cl. The van der Waals surface area contributed by atoms with E-state index in [9.17, 15) is 9.59 Å². The van der Waals surface area contributed by atoms with Gasteiger partial charge in [-0.15, -0.1) is 0 Å². The maximum absolute atomic E-state index is 12.0. The van der Waals surface area contributed by atoms with Crippen LogP contribution < -0.4 is 4.74 Å². The van der Waals surface area contributed by atoms with Crippen LogP contribution in [-0.2, 0) is 9.59 Å². The smallest absolute Gasteiger partial charge is 0.326 e. The van der Waals surface area contributed by atoms with Gasteiger partial charge in [0.05, 0.1) is 5.02 Å². The molecule has 20 heavy (non-hydrogen) atoms. The van der Waals surface area contributed by atoms with Crippen molar-refractivity contribution < 1.29 is 19.4 Å². The van der Waals surface area contributed by atoms with Crippen molar-refractivity contribution in [2.45, 2.75) is 18.9 Å². The standard InChI is InChI=1S/C13H13Cl2NO4/c14-8-3-1-5-10(12(8)15)20-7-11(17)16-6-2-4-9(16)13(18)19/h1,3,5,9H,2,4,6-7H2,(H,18,19). The highest BCUT2D eigenvalue weighted by atomic mass is 35.5. The molecular weight excluding hydrogens is 305 g/mol. The number of nitrogens with zero attached hydrogens (tertiary/aromatic N) is 1. The van der Waals surface area contributed by atoms with Crippen molar-refractivity contribution in [2.24, 2.45) is 0 Å². The number of hydrogen-bond donors (Lipinski definition) is 1. The highest BCUT2D eigenvalue weighted by Gasteiger charge is 2.34. The molecule has 0 aromatic heterocycles. The van der Waals surface area contributed by atoms with Crippen LogP contribution in [0.3, 0.4) is 0 Å². The lowest BCUT2D eigenvalue weighted by Crippen LogP contribution is -2.42. The van der Waals surface area contributed by atoms with Gasteiger partial charge in [0.25, 0.3) is 5.91 Å². The normalized spacial score (nSPS) is 18.1. The molecule has 1 aliphatic rings. The lowest BCUT2D eigenvalue weighted by Gasteiger charge is -2.21. The number of likely N-dealkylation sites (tertiary alicyclic amines) is 1. The molecule has 5 nitrogen and oxygen atoms in total. The Morgan fingerprint density at radius 1 is 1.40 bits per heavy atom. The number of hydrogen-bond acceptors (Lipinski definition) is 3. The molecule has 1 heterocycles. The van der Waals surface area contributed by atoms with Crippen molar-refractivity contribution >= 4 is 35.1 Å². The van der Waals surface area contributed by atoms with Crippen molar-refractivity contribution in [3.63, 3.8) is 0 Å². The molecule has 0 spiro atoms. The van der Waals surface area contributed by atoms with E-state index >= 15 is 0 Å². The number of carbonyl (C=O) groups is 2. The third-order valence-corrected chi connectivity index (χ3v) is 3.93. The van der Waals surface area contributed by atoms with E-state index in [1.165, 1.54) is 4.90 Å². The molecule has 0 saturated carbocycles. The fraction of sp³-hybridized carbons (Fsp3) is 0.385. The molecule has 1 aromatic rings. The summed E-state index contributed by atoms with van der Waals surface area (Å²) in [6, 6.07) is 4.10. The Labute approximate surface area is 126 Å². The summed E-state index contributed by atoms with van der Waals surface area (Å²) in [7, 11) is 0. The van der Waals surface area contributed by atoms with Crippen LogP contribution in [0.4, 0.5) is 0 Å². The summed E-state index contributed by atoms with van der Waals surface area (Å²) in [6.45, 7) is 0.173. The first-order chi connectivity index (χ1) is 9.50. The number of aliphatic carboxylic acids is 1. The second-order valence-corrected chi connectivity index (χ2v) is 5.21. The number of ether oxygens (including phenoxy) is 1. The van der Waals surface area contributed by atoms with Gasteiger partial charge in [-0.05, 0) is 25.0 Å². The number of rotatable bonds is 4. The Balaban J connectivity index is 1.98. The van der Waals surface area contributed by atoms with E-state index in [0.717, 1.165) is 0 Å². The van der Waals surface area contributed by atoms with Gasteiger partial charge in [-0.3, -0.25) is 4.79 Å². The zero-order chi connectivity index (χ0) is 14.7. The van der Waals surface area contributed by atoms with Gasteiger partial charge in [-0.25, -0.2) is 4.79 Å². The summed E-state index contributed by atoms with van der Waals surface area (Å²) in [6.07, 6.45) is 1.15. The predicted molar refractivity (Wildman–Crippen MR) is 74.3 cm³/mol. The second kappa shape index (κ2) is 6.33. The molecule has 1 unspecified atom stereocenters.